The molecule has 1 amide bonds. The number of aromatic nitrogens is 1. The summed E-state index contributed by atoms with van der Waals surface area (Å²) < 4.78 is 44.1. The molecule has 5 nitrogen and oxygen atoms in total. The number of pyridine rings is 1. The van der Waals surface area contributed by atoms with E-state index in [0.29, 0.717) is 37.6 Å². The van der Waals surface area contributed by atoms with Crippen LogP contribution in [0.5, 0.6) is 5.88 Å². The first-order valence-electron chi connectivity index (χ1n) is 7.87. The zero-order chi connectivity index (χ0) is 17.7. The molecule has 0 N–H and O–H groups in total. The second-order valence-electron chi connectivity index (χ2n) is 6.17. The molecule has 0 spiro atoms. The number of alkyl halides is 3. The molecule has 1 aromatic rings. The molecule has 24 heavy (non-hydrogen) atoms. The number of amides is 1. The molecule has 0 aliphatic carbocycles. The Balaban J connectivity index is 2.01. The van der Waals surface area contributed by atoms with E-state index in [1.54, 1.807) is 0 Å². The topological polar surface area (TPSA) is 45.7 Å². The standard InChI is InChI=1S/C16H22F3N3O2/c1-21(2)8-9-24-14-10-12(5-6-20-14)15(23)22-7-3-4-13(11-22)16(17,18)19/h5-6,10,13H,3-4,7-9,11H2,1-2H3. The summed E-state index contributed by atoms with van der Waals surface area (Å²) in [5, 5.41) is 0. The van der Waals surface area contributed by atoms with E-state index >= 15 is 0 Å². The van der Waals surface area contributed by atoms with Crippen LogP contribution in [0.15, 0.2) is 18.3 Å². The average molecular weight is 345 g/mol. The van der Waals surface area contributed by atoms with Crippen LogP contribution in [-0.4, -0.2) is 67.2 Å². The first-order valence-corrected chi connectivity index (χ1v) is 7.87. The second kappa shape index (κ2) is 7.83. The SMILES string of the molecule is CN(C)CCOc1cc(C(=O)N2CCCC(C(F)(F)F)C2)ccn1. The van der Waals surface area contributed by atoms with Gasteiger partial charge in [0, 0.05) is 37.5 Å². The number of piperidine rings is 1. The van der Waals surface area contributed by atoms with Gasteiger partial charge >= 0.3 is 6.18 Å². The molecule has 2 rings (SSSR count). The van der Waals surface area contributed by atoms with Gasteiger partial charge < -0.3 is 14.5 Å². The molecule has 1 aromatic heterocycles. The molecule has 0 bridgehead atoms. The fourth-order valence-corrected chi connectivity index (χ4v) is 2.57. The van der Waals surface area contributed by atoms with Crippen LogP contribution in [0.3, 0.4) is 0 Å². The lowest BCUT2D eigenvalue weighted by molar-refractivity contribution is -0.184. The van der Waals surface area contributed by atoms with E-state index < -0.39 is 18.0 Å². The first kappa shape index (κ1) is 18.5. The van der Waals surface area contributed by atoms with Gasteiger partial charge in [0.25, 0.3) is 5.91 Å². The Morgan fingerprint density at radius 2 is 2.21 bits per heavy atom. The Bertz CT molecular complexity index is 564. The molecule has 2 heterocycles. The predicted octanol–water partition coefficient (Wildman–Crippen LogP) is 2.44. The van der Waals surface area contributed by atoms with Crippen molar-refractivity contribution in [2.75, 3.05) is 40.3 Å². The van der Waals surface area contributed by atoms with Crippen LogP contribution < -0.4 is 4.74 Å². The van der Waals surface area contributed by atoms with Gasteiger partial charge in [-0.15, -0.1) is 0 Å². The average Bonchev–Trinajstić information content (AvgIpc) is 2.53. The maximum Gasteiger partial charge on any atom is 0.393 e. The largest absolute Gasteiger partial charge is 0.476 e. The smallest absolute Gasteiger partial charge is 0.393 e. The third kappa shape index (κ3) is 5.09. The van der Waals surface area contributed by atoms with Crippen molar-refractivity contribution in [2.45, 2.75) is 19.0 Å². The van der Waals surface area contributed by atoms with Crippen molar-refractivity contribution in [3.05, 3.63) is 23.9 Å². The fraction of sp³-hybridized carbons (Fsp3) is 0.625. The lowest BCUT2D eigenvalue weighted by atomic mass is 9.97. The number of halogens is 3. The Morgan fingerprint density at radius 3 is 2.88 bits per heavy atom. The number of hydrogen-bond acceptors (Lipinski definition) is 4. The van der Waals surface area contributed by atoms with E-state index in [1.807, 2.05) is 19.0 Å². The monoisotopic (exact) mass is 345 g/mol. The van der Waals surface area contributed by atoms with Gasteiger partial charge in [0.05, 0.1) is 5.92 Å². The van der Waals surface area contributed by atoms with Crippen molar-refractivity contribution in [3.8, 4) is 5.88 Å². The van der Waals surface area contributed by atoms with E-state index in [9.17, 15) is 18.0 Å². The quantitative estimate of drug-likeness (QED) is 0.822. The van der Waals surface area contributed by atoms with Crippen LogP contribution in [0.4, 0.5) is 13.2 Å². The summed E-state index contributed by atoms with van der Waals surface area (Å²) in [7, 11) is 3.81. The van der Waals surface area contributed by atoms with Crippen LogP contribution in [0.25, 0.3) is 0 Å². The Labute approximate surface area is 139 Å². The number of rotatable bonds is 5. The van der Waals surface area contributed by atoms with Gasteiger partial charge in [-0.05, 0) is 33.0 Å². The van der Waals surface area contributed by atoms with Crippen molar-refractivity contribution < 1.29 is 22.7 Å². The molecule has 8 heteroatoms. The maximum atomic E-state index is 12.9. The molecule has 0 radical (unpaired) electrons. The van der Waals surface area contributed by atoms with Gasteiger partial charge in [-0.25, -0.2) is 4.98 Å². The van der Waals surface area contributed by atoms with E-state index in [2.05, 4.69) is 4.98 Å². The summed E-state index contributed by atoms with van der Waals surface area (Å²) in [6, 6.07) is 2.98. The first-order chi connectivity index (χ1) is 11.3. The number of likely N-dealkylation sites (tertiary alicyclic amines) is 1. The van der Waals surface area contributed by atoms with Gasteiger partial charge in [-0.1, -0.05) is 0 Å². The number of likely N-dealkylation sites (N-methyl/N-ethyl adjacent to an activating group) is 1. The number of carbonyl (C=O) groups is 1. The Morgan fingerprint density at radius 1 is 1.46 bits per heavy atom. The lowest BCUT2D eigenvalue weighted by Crippen LogP contribution is -2.44. The molecule has 1 atom stereocenters. The van der Waals surface area contributed by atoms with Crippen LogP contribution in [0, 0.1) is 5.92 Å². The molecule has 1 aliphatic heterocycles. The number of nitrogens with zero attached hydrogens (tertiary/aromatic N) is 3. The Kier molecular flexibility index (Phi) is 6.04. The summed E-state index contributed by atoms with van der Waals surface area (Å²) in [5.41, 5.74) is 0.299. The molecule has 1 aliphatic rings. The summed E-state index contributed by atoms with van der Waals surface area (Å²) in [6.07, 6.45) is -2.41. The third-order valence-electron chi connectivity index (χ3n) is 3.94. The van der Waals surface area contributed by atoms with Crippen LogP contribution >= 0.6 is 0 Å². The normalized spacial score (nSPS) is 18.8. The van der Waals surface area contributed by atoms with Crippen molar-refractivity contribution in [3.63, 3.8) is 0 Å². The zero-order valence-corrected chi connectivity index (χ0v) is 13.8. The minimum Gasteiger partial charge on any atom is -0.476 e. The van der Waals surface area contributed by atoms with Crippen molar-refractivity contribution >= 4 is 5.91 Å². The van der Waals surface area contributed by atoms with E-state index in [1.165, 1.54) is 23.2 Å². The predicted molar refractivity (Wildman–Crippen MR) is 83.0 cm³/mol. The molecule has 1 fully saturated rings. The van der Waals surface area contributed by atoms with E-state index in [-0.39, 0.29) is 13.0 Å². The summed E-state index contributed by atoms with van der Waals surface area (Å²) >= 11 is 0. The second-order valence-corrected chi connectivity index (χ2v) is 6.17. The molecule has 0 aromatic carbocycles. The Hall–Kier alpha value is -1.83. The third-order valence-corrected chi connectivity index (χ3v) is 3.94. The minimum absolute atomic E-state index is 0.0719. The highest BCUT2D eigenvalue weighted by Crippen LogP contribution is 2.33. The molecule has 1 saturated heterocycles. The summed E-state index contributed by atoms with van der Waals surface area (Å²) in [5.74, 6) is -1.57. The number of carbonyl (C=O) groups excluding carboxylic acids is 1. The van der Waals surface area contributed by atoms with Gasteiger partial charge in [-0.3, -0.25) is 4.79 Å². The van der Waals surface area contributed by atoms with Gasteiger partial charge in [0.15, 0.2) is 0 Å². The fourth-order valence-electron chi connectivity index (χ4n) is 2.57. The van der Waals surface area contributed by atoms with Crippen molar-refractivity contribution in [2.24, 2.45) is 5.92 Å². The summed E-state index contributed by atoms with van der Waals surface area (Å²) in [4.78, 5) is 19.7. The maximum absolute atomic E-state index is 12.9. The molecular weight excluding hydrogens is 323 g/mol. The number of hydrogen-bond donors (Lipinski definition) is 0. The highest BCUT2D eigenvalue weighted by molar-refractivity contribution is 5.94. The zero-order valence-electron chi connectivity index (χ0n) is 13.8. The molecule has 134 valence electrons. The molecular formula is C16H22F3N3O2. The highest BCUT2D eigenvalue weighted by Gasteiger charge is 2.42. The molecule has 0 saturated carbocycles. The van der Waals surface area contributed by atoms with Crippen molar-refractivity contribution in [1.82, 2.24) is 14.8 Å². The van der Waals surface area contributed by atoms with E-state index in [0.717, 1.165) is 0 Å². The van der Waals surface area contributed by atoms with Crippen LogP contribution in [0.2, 0.25) is 0 Å². The van der Waals surface area contributed by atoms with Crippen molar-refractivity contribution in [1.29, 1.82) is 0 Å². The van der Waals surface area contributed by atoms with Gasteiger partial charge in [-0.2, -0.15) is 13.2 Å². The van der Waals surface area contributed by atoms with Crippen LogP contribution in [0.1, 0.15) is 23.2 Å². The minimum atomic E-state index is -4.27. The number of ether oxygens (including phenoxy) is 1. The van der Waals surface area contributed by atoms with Crippen LogP contribution in [-0.2, 0) is 0 Å². The van der Waals surface area contributed by atoms with Gasteiger partial charge in [0.1, 0.15) is 6.61 Å². The van der Waals surface area contributed by atoms with E-state index in [4.69, 9.17) is 4.74 Å². The van der Waals surface area contributed by atoms with Gasteiger partial charge in [0.2, 0.25) is 5.88 Å². The lowest BCUT2D eigenvalue weighted by Gasteiger charge is -2.33. The summed E-state index contributed by atoms with van der Waals surface area (Å²) in [6.45, 7) is 1.16. The highest BCUT2D eigenvalue weighted by atomic mass is 19.4. The molecule has 1 unspecified atom stereocenters.